The van der Waals surface area contributed by atoms with E-state index in [1.165, 1.54) is 19.3 Å². The van der Waals surface area contributed by atoms with Gasteiger partial charge in [-0.25, -0.2) is 37.3 Å². The Morgan fingerprint density at radius 1 is 0.552 bits per heavy atom. The molecule has 0 spiro atoms. The van der Waals surface area contributed by atoms with Crippen LogP contribution in [0.4, 0.5) is 0 Å². The van der Waals surface area contributed by atoms with Crippen molar-refractivity contribution in [1.29, 1.82) is 0 Å². The summed E-state index contributed by atoms with van der Waals surface area (Å²) < 4.78 is 67.9. The first-order valence-corrected chi connectivity index (χ1v) is 13.4. The smallest absolute Gasteiger partial charge is 0.216 e. The topological polar surface area (TPSA) is 184 Å². The van der Waals surface area contributed by atoms with Crippen LogP contribution in [0.25, 0.3) is 0 Å². The fourth-order valence-corrected chi connectivity index (χ4v) is 11.2. The summed E-state index contributed by atoms with van der Waals surface area (Å²) in [5, 5.41) is 1.90. The van der Waals surface area contributed by atoms with E-state index in [-0.39, 0.29) is 0 Å². The van der Waals surface area contributed by atoms with Crippen molar-refractivity contribution < 1.29 is 57.8 Å². The van der Waals surface area contributed by atoms with Crippen LogP contribution in [0.2, 0.25) is 0 Å². The summed E-state index contributed by atoms with van der Waals surface area (Å²) in [5.74, 6) is 0. The third-order valence-corrected chi connectivity index (χ3v) is 10.7. The van der Waals surface area contributed by atoms with Crippen LogP contribution in [-0.2, 0) is 21.8 Å². The van der Waals surface area contributed by atoms with Crippen LogP contribution in [-0.4, -0.2) is 10.5 Å². The predicted octanol–water partition coefficient (Wildman–Crippen LogP) is -5.50. The Bertz CT molecular complexity index is 730. The second-order valence-electron chi connectivity index (χ2n) is 6.33. The van der Waals surface area contributed by atoms with Crippen LogP contribution >= 0.6 is 0 Å². The number of halogens is 2. The second-order valence-corrected chi connectivity index (χ2v) is 12.2. The van der Waals surface area contributed by atoms with Crippen LogP contribution < -0.4 is 37.3 Å². The predicted molar refractivity (Wildman–Crippen MR) is 82.1 cm³/mol. The van der Waals surface area contributed by atoms with Crippen molar-refractivity contribution in [3.05, 3.63) is 48.5 Å². The van der Waals surface area contributed by atoms with Crippen molar-refractivity contribution in [2.75, 3.05) is 0 Å². The molecule has 0 N–H and O–H groups in total. The molecule has 12 heteroatoms. The molecular weight excluding hydrogens is 467 g/mol. The summed E-state index contributed by atoms with van der Waals surface area (Å²) in [6, 6.07) is 18.6. The minimum absolute atomic E-state index is 0.366. The van der Waals surface area contributed by atoms with Crippen molar-refractivity contribution in [3.8, 4) is 0 Å². The highest BCUT2D eigenvalue weighted by molar-refractivity contribution is 8.06. The first-order chi connectivity index (χ1) is 13.4. The van der Waals surface area contributed by atoms with Gasteiger partial charge in [-0.15, -0.1) is 20.5 Å². The Labute approximate surface area is 177 Å². The minimum atomic E-state index is -4.94. The van der Waals surface area contributed by atoms with Crippen LogP contribution in [0.3, 0.4) is 0 Å². The summed E-state index contributed by atoms with van der Waals surface area (Å²) in [6.45, 7) is 0. The molecule has 0 saturated heterocycles. The van der Waals surface area contributed by atoms with Gasteiger partial charge in [-0.2, -0.15) is 0 Å². The largest absolute Gasteiger partial charge is 0.222 e. The fraction of sp³-hybridized carbons (Fsp3) is 0.294. The van der Waals surface area contributed by atoms with Gasteiger partial charge < -0.3 is 0 Å². The highest BCUT2D eigenvalue weighted by Crippen LogP contribution is 2.56. The van der Waals surface area contributed by atoms with Gasteiger partial charge in [0.2, 0.25) is 19.6 Å². The average Bonchev–Trinajstić information content (AvgIpc) is 3.08. The van der Waals surface area contributed by atoms with Gasteiger partial charge in [-0.3, -0.25) is 0 Å². The maximum Gasteiger partial charge on any atom is 0.216 e. The van der Waals surface area contributed by atoms with E-state index in [0.29, 0.717) is 21.8 Å². The van der Waals surface area contributed by atoms with Gasteiger partial charge in [0.15, 0.2) is 10.5 Å². The summed E-state index contributed by atoms with van der Waals surface area (Å²) in [7, 11) is -9.16. The normalized spacial score (nSPS) is 26.2. The molecule has 6 rings (SSSR count). The van der Waals surface area contributed by atoms with E-state index < -0.39 is 20.5 Å². The van der Waals surface area contributed by atoms with E-state index >= 15 is 0 Å². The zero-order valence-electron chi connectivity index (χ0n) is 14.7. The van der Waals surface area contributed by atoms with Gasteiger partial charge >= 0.3 is 0 Å². The van der Waals surface area contributed by atoms with E-state index in [2.05, 4.69) is 48.5 Å². The Kier molecular flexibility index (Phi) is 7.06. The zero-order valence-corrected chi connectivity index (χ0v) is 17.9. The molecule has 1 aliphatic carbocycles. The quantitative estimate of drug-likeness (QED) is 0.332. The SMILES string of the molecule is [O-][Cl+3]([O-])([O-])[O-].[O-][Cl+3]([O-])([O-])[O-].c1ccc2c(c1)[S+]1c3ccccc3[S+]2C2CCCC21. The zero-order chi connectivity index (χ0) is 21.4. The van der Waals surface area contributed by atoms with E-state index in [9.17, 15) is 0 Å². The number of benzene rings is 2. The molecule has 2 aromatic carbocycles. The third kappa shape index (κ3) is 5.76. The summed E-state index contributed by atoms with van der Waals surface area (Å²) in [6.07, 6.45) is 4.37. The molecule has 0 radical (unpaired) electrons. The van der Waals surface area contributed by atoms with Crippen LogP contribution in [0.1, 0.15) is 19.3 Å². The Morgan fingerprint density at radius 2 is 0.793 bits per heavy atom. The van der Waals surface area contributed by atoms with Crippen molar-refractivity contribution in [2.45, 2.75) is 49.3 Å². The van der Waals surface area contributed by atoms with Gasteiger partial charge in [0.1, 0.15) is 0 Å². The third-order valence-electron chi connectivity index (χ3n) is 4.64. The first-order valence-electron chi connectivity index (χ1n) is 8.33. The van der Waals surface area contributed by atoms with Gasteiger partial charge in [-0.05, 0) is 30.7 Å². The molecule has 3 heterocycles. The molecule has 3 aliphatic heterocycles. The maximum absolute atomic E-state index is 8.49. The molecule has 0 aromatic heterocycles. The Balaban J connectivity index is 0.000000204. The summed E-state index contributed by atoms with van der Waals surface area (Å²) in [4.78, 5) is 6.70. The lowest BCUT2D eigenvalue weighted by molar-refractivity contribution is -2.00. The Morgan fingerprint density at radius 3 is 1.03 bits per heavy atom. The van der Waals surface area contributed by atoms with Crippen molar-refractivity contribution >= 4 is 21.8 Å². The monoisotopic (exact) mass is 482 g/mol. The first kappa shape index (κ1) is 23.1. The van der Waals surface area contributed by atoms with Crippen LogP contribution in [0.5, 0.6) is 0 Å². The van der Waals surface area contributed by atoms with Gasteiger partial charge in [0.05, 0.1) is 21.8 Å². The molecule has 2 atom stereocenters. The molecule has 1 fully saturated rings. The van der Waals surface area contributed by atoms with E-state index in [1.807, 2.05) is 0 Å². The Hall–Kier alpha value is -0.600. The molecule has 0 amide bonds. The summed E-state index contributed by atoms with van der Waals surface area (Å²) >= 11 is 0. The van der Waals surface area contributed by atoms with Crippen LogP contribution in [0.15, 0.2) is 68.1 Å². The molecule has 2 aromatic rings. The second kappa shape index (κ2) is 8.87. The van der Waals surface area contributed by atoms with Crippen molar-refractivity contribution in [2.24, 2.45) is 0 Å². The standard InChI is InChI=1S/C17H16S2.2ClHO4/c1-2-7-13-12(6-1)18-14-8-3-4-9-15(14)19(13)17-11-5-10-16(17)18;2*2-1(3,4)5/h1-4,6-9,16-17H,5,10-11H2;2*(H,2,3,4,5)/q+2;;/p-2. The molecule has 2 unspecified atom stereocenters. The molecule has 158 valence electrons. The van der Waals surface area contributed by atoms with Crippen molar-refractivity contribution in [3.63, 3.8) is 0 Å². The lowest BCUT2D eigenvalue weighted by Gasteiger charge is -2.32. The molecular formula is C17H16Cl2O8S2. The molecule has 2 bridgehead atoms. The summed E-state index contributed by atoms with van der Waals surface area (Å²) in [5.41, 5.74) is 0. The lowest BCUT2D eigenvalue weighted by atomic mass is 10.3. The lowest BCUT2D eigenvalue weighted by Crippen LogP contribution is -2.68. The minimum Gasteiger partial charge on any atom is -0.222 e. The maximum atomic E-state index is 8.49. The fourth-order valence-electron chi connectivity index (χ4n) is 3.95. The molecule has 8 nitrogen and oxygen atoms in total. The van der Waals surface area contributed by atoms with E-state index in [0.717, 1.165) is 10.5 Å². The van der Waals surface area contributed by atoms with Crippen molar-refractivity contribution in [1.82, 2.24) is 0 Å². The highest BCUT2D eigenvalue weighted by atomic mass is 35.7. The van der Waals surface area contributed by atoms with Crippen LogP contribution in [0, 0.1) is 20.5 Å². The molecule has 29 heavy (non-hydrogen) atoms. The average molecular weight is 483 g/mol. The van der Waals surface area contributed by atoms with Gasteiger partial charge in [0, 0.05) is 12.8 Å². The van der Waals surface area contributed by atoms with Gasteiger partial charge in [0.25, 0.3) is 0 Å². The number of hydrogen-bond donors (Lipinski definition) is 0. The molecule has 4 aliphatic rings. The highest BCUT2D eigenvalue weighted by Gasteiger charge is 2.66. The number of rotatable bonds is 0. The van der Waals surface area contributed by atoms with E-state index in [1.54, 1.807) is 19.6 Å². The van der Waals surface area contributed by atoms with Gasteiger partial charge in [-0.1, -0.05) is 24.3 Å². The van der Waals surface area contributed by atoms with E-state index in [4.69, 9.17) is 37.3 Å². The number of hydrogen-bond acceptors (Lipinski definition) is 8. The molecule has 1 saturated carbocycles.